The zero-order valence-electron chi connectivity index (χ0n) is 18.3. The van der Waals surface area contributed by atoms with Crippen molar-refractivity contribution in [3.05, 3.63) is 83.1 Å². The lowest BCUT2D eigenvalue weighted by Gasteiger charge is -2.35. The largest absolute Gasteiger partial charge is 0.382 e. The second-order valence-corrected chi connectivity index (χ2v) is 10.1. The maximum Gasteiger partial charge on any atom is 0.306 e. The molecule has 174 valence electrons. The molecule has 5 rings (SSSR count). The molecule has 0 fully saturated rings. The van der Waals surface area contributed by atoms with E-state index in [9.17, 15) is 8.42 Å². The summed E-state index contributed by atoms with van der Waals surface area (Å²) in [7, 11) is -3.90. The van der Waals surface area contributed by atoms with Gasteiger partial charge in [-0.3, -0.25) is 14.9 Å². The maximum atomic E-state index is 12.3. The number of hydrogen-bond acceptors (Lipinski definition) is 8. The molecule has 2 aliphatic heterocycles. The number of nitrogens with two attached hydrogens (primary N) is 1. The summed E-state index contributed by atoms with van der Waals surface area (Å²) < 4.78 is 30.2. The molecule has 0 saturated carbocycles. The predicted molar refractivity (Wildman–Crippen MR) is 133 cm³/mol. The highest BCUT2D eigenvalue weighted by atomic mass is 35.5. The lowest BCUT2D eigenvalue weighted by Crippen LogP contribution is -2.46. The van der Waals surface area contributed by atoms with E-state index in [4.69, 9.17) is 31.5 Å². The first-order chi connectivity index (χ1) is 16.3. The molecule has 8 nitrogen and oxygen atoms in total. The zero-order chi connectivity index (χ0) is 23.9. The fourth-order valence-corrected chi connectivity index (χ4v) is 5.21. The number of halogens is 1. The number of fused-ring (bicyclic) bond motifs is 1. The average Bonchev–Trinajstić information content (AvgIpc) is 3.12. The van der Waals surface area contributed by atoms with Crippen molar-refractivity contribution in [2.45, 2.75) is 12.0 Å². The molecule has 10 heteroatoms. The predicted octanol–water partition coefficient (Wildman–Crippen LogP) is 3.42. The monoisotopic (exact) mass is 495 g/mol. The van der Waals surface area contributed by atoms with Crippen LogP contribution in [0.15, 0.2) is 77.0 Å². The Labute approximate surface area is 202 Å². The van der Waals surface area contributed by atoms with E-state index in [1.165, 1.54) is 6.07 Å². The van der Waals surface area contributed by atoms with Crippen LogP contribution in [0.1, 0.15) is 17.5 Å². The number of aliphatic imine (C=N–C) groups is 2. The Morgan fingerprint density at radius 2 is 1.85 bits per heavy atom. The molecule has 0 aliphatic carbocycles. The third-order valence-corrected chi connectivity index (χ3v) is 6.49. The Kier molecular flexibility index (Phi) is 5.53. The zero-order valence-corrected chi connectivity index (χ0v) is 19.9. The van der Waals surface area contributed by atoms with Crippen LogP contribution in [0.4, 0.5) is 0 Å². The summed E-state index contributed by atoms with van der Waals surface area (Å²) in [5.74, 6) is 0.979. The van der Waals surface area contributed by atoms with Crippen molar-refractivity contribution in [1.82, 2.24) is 9.88 Å². The van der Waals surface area contributed by atoms with Gasteiger partial charge in [0.05, 0.1) is 6.26 Å². The van der Waals surface area contributed by atoms with Gasteiger partial charge in [0.25, 0.3) is 0 Å². The van der Waals surface area contributed by atoms with E-state index in [2.05, 4.69) is 4.98 Å². The Bertz CT molecular complexity index is 1410. The maximum absolute atomic E-state index is 12.3. The SMILES string of the molecule is CS(=O)(=O)Oc1cc(Cl)cc(-c2ccccc2)c1C1(c2ccncc2)N=C(N)N2CCCN=C21. The second kappa shape index (κ2) is 8.41. The number of rotatable bonds is 5. The second-order valence-electron chi connectivity index (χ2n) is 8.11. The Balaban J connectivity index is 1.94. The first-order valence-corrected chi connectivity index (χ1v) is 12.9. The van der Waals surface area contributed by atoms with Crippen LogP contribution in [0.3, 0.4) is 0 Å². The van der Waals surface area contributed by atoms with E-state index in [1.807, 2.05) is 47.4 Å². The molecule has 34 heavy (non-hydrogen) atoms. The topological polar surface area (TPSA) is 110 Å². The quantitative estimate of drug-likeness (QED) is 0.543. The summed E-state index contributed by atoms with van der Waals surface area (Å²) in [4.78, 5) is 15.8. The molecule has 3 heterocycles. The van der Waals surface area contributed by atoms with Crippen LogP contribution in [0.5, 0.6) is 5.75 Å². The highest BCUT2D eigenvalue weighted by Crippen LogP contribution is 2.50. The van der Waals surface area contributed by atoms with Crippen LogP contribution in [0, 0.1) is 0 Å². The molecular weight excluding hydrogens is 474 g/mol. The van der Waals surface area contributed by atoms with Crippen LogP contribution in [-0.2, 0) is 15.7 Å². The van der Waals surface area contributed by atoms with Gasteiger partial charge in [-0.2, -0.15) is 8.42 Å². The van der Waals surface area contributed by atoms with Gasteiger partial charge in [0.2, 0.25) is 0 Å². The Morgan fingerprint density at radius 1 is 1.12 bits per heavy atom. The van der Waals surface area contributed by atoms with Gasteiger partial charge in [-0.1, -0.05) is 41.9 Å². The minimum atomic E-state index is -3.90. The number of nitrogens with zero attached hydrogens (tertiary/aromatic N) is 4. The van der Waals surface area contributed by atoms with Crippen LogP contribution in [0.25, 0.3) is 11.1 Å². The van der Waals surface area contributed by atoms with Crippen molar-refractivity contribution >= 4 is 33.5 Å². The van der Waals surface area contributed by atoms with Crippen molar-refractivity contribution in [3.8, 4) is 16.9 Å². The van der Waals surface area contributed by atoms with Gasteiger partial charge in [0.15, 0.2) is 17.2 Å². The fraction of sp³-hybridized carbons (Fsp3) is 0.208. The van der Waals surface area contributed by atoms with E-state index >= 15 is 0 Å². The van der Waals surface area contributed by atoms with Crippen LogP contribution in [-0.4, -0.2) is 49.4 Å². The van der Waals surface area contributed by atoms with Gasteiger partial charge < -0.3 is 9.92 Å². The molecule has 2 aromatic carbocycles. The first kappa shape index (κ1) is 22.4. The molecule has 1 atom stereocenters. The molecule has 3 aromatic rings. The third-order valence-electron chi connectivity index (χ3n) is 5.79. The summed E-state index contributed by atoms with van der Waals surface area (Å²) in [5, 5.41) is 0.323. The number of amidine groups is 1. The van der Waals surface area contributed by atoms with E-state index in [0.29, 0.717) is 41.0 Å². The molecule has 1 unspecified atom stereocenters. The number of pyridine rings is 1. The molecule has 0 radical (unpaired) electrons. The fourth-order valence-electron chi connectivity index (χ4n) is 4.55. The van der Waals surface area contributed by atoms with E-state index in [0.717, 1.165) is 23.8 Å². The van der Waals surface area contributed by atoms with Crippen molar-refractivity contribution in [1.29, 1.82) is 0 Å². The van der Waals surface area contributed by atoms with E-state index in [-0.39, 0.29) is 5.75 Å². The minimum Gasteiger partial charge on any atom is -0.382 e. The lowest BCUT2D eigenvalue weighted by molar-refractivity contribution is 0.482. The van der Waals surface area contributed by atoms with Gasteiger partial charge in [0.1, 0.15) is 5.84 Å². The lowest BCUT2D eigenvalue weighted by atomic mass is 9.78. The average molecular weight is 496 g/mol. The van der Waals surface area contributed by atoms with Crippen molar-refractivity contribution in [2.24, 2.45) is 15.7 Å². The number of guanidine groups is 1. The van der Waals surface area contributed by atoms with Crippen molar-refractivity contribution < 1.29 is 12.6 Å². The molecule has 2 N–H and O–H groups in total. The molecule has 0 saturated heterocycles. The van der Waals surface area contributed by atoms with Crippen molar-refractivity contribution in [2.75, 3.05) is 19.3 Å². The van der Waals surface area contributed by atoms with Gasteiger partial charge in [-0.15, -0.1) is 0 Å². The summed E-state index contributed by atoms with van der Waals surface area (Å²) in [6.45, 7) is 1.25. The standard InChI is InChI=1S/C24H22ClN5O3S/c1-34(31,32)33-20-15-18(25)14-19(16-6-3-2-4-7-16)21(20)24(17-8-11-27-12-9-17)22-28-10-5-13-30(22)23(26)29-24/h2-4,6-9,11-12,14-15H,5,10,13H2,1H3,(H2,26,29). The minimum absolute atomic E-state index is 0.0670. The van der Waals surface area contributed by atoms with Gasteiger partial charge in [-0.25, -0.2) is 4.99 Å². The van der Waals surface area contributed by atoms with Gasteiger partial charge >= 0.3 is 10.1 Å². The molecule has 0 spiro atoms. The first-order valence-electron chi connectivity index (χ1n) is 10.7. The van der Waals surface area contributed by atoms with Crippen LogP contribution >= 0.6 is 11.6 Å². The molecular formula is C24H22ClN5O3S. The number of benzene rings is 2. The number of aromatic nitrogens is 1. The van der Waals surface area contributed by atoms with E-state index in [1.54, 1.807) is 18.5 Å². The number of hydrogen-bond donors (Lipinski definition) is 1. The third kappa shape index (κ3) is 3.80. The highest BCUT2D eigenvalue weighted by molar-refractivity contribution is 7.86. The molecule has 0 amide bonds. The van der Waals surface area contributed by atoms with Gasteiger partial charge in [0, 0.05) is 42.1 Å². The molecule has 1 aromatic heterocycles. The Hall–Kier alpha value is -3.43. The van der Waals surface area contributed by atoms with Crippen molar-refractivity contribution in [3.63, 3.8) is 0 Å². The summed E-state index contributed by atoms with van der Waals surface area (Å²) in [6.07, 6.45) is 5.13. The van der Waals surface area contributed by atoms with Crippen LogP contribution < -0.4 is 9.92 Å². The smallest absolute Gasteiger partial charge is 0.306 e. The van der Waals surface area contributed by atoms with Gasteiger partial charge in [-0.05, 0) is 41.3 Å². The van der Waals surface area contributed by atoms with E-state index < -0.39 is 15.7 Å². The normalized spacial score (nSPS) is 19.9. The summed E-state index contributed by atoms with van der Waals surface area (Å²) in [5.41, 5.74) is 7.87. The molecule has 2 aliphatic rings. The summed E-state index contributed by atoms with van der Waals surface area (Å²) in [6, 6.07) is 16.5. The Morgan fingerprint density at radius 3 is 2.56 bits per heavy atom. The summed E-state index contributed by atoms with van der Waals surface area (Å²) >= 11 is 6.48. The molecule has 0 bridgehead atoms. The highest BCUT2D eigenvalue weighted by Gasteiger charge is 2.52. The van der Waals surface area contributed by atoms with Crippen LogP contribution in [0.2, 0.25) is 5.02 Å².